The number of methoxy groups -OCH3 is 1. The van der Waals surface area contributed by atoms with E-state index in [1.54, 1.807) is 7.11 Å². The van der Waals surface area contributed by atoms with Gasteiger partial charge in [-0.25, -0.2) is 0 Å². The second-order valence-corrected chi connectivity index (χ2v) is 3.84. The molecule has 19 heavy (non-hydrogen) atoms. The summed E-state index contributed by atoms with van der Waals surface area (Å²) < 4.78 is 16.1. The Bertz CT molecular complexity index is 412. The van der Waals surface area contributed by atoms with Crippen molar-refractivity contribution < 1.29 is 14.2 Å². The Morgan fingerprint density at radius 3 is 2.84 bits per heavy atom. The van der Waals surface area contributed by atoms with Crippen molar-refractivity contribution in [2.45, 2.75) is 13.5 Å². The molecule has 0 heterocycles. The van der Waals surface area contributed by atoms with Gasteiger partial charge in [-0.05, 0) is 13.0 Å². The molecule has 4 nitrogen and oxygen atoms in total. The summed E-state index contributed by atoms with van der Waals surface area (Å²) in [4.78, 5) is 0. The van der Waals surface area contributed by atoms with Crippen LogP contribution in [0.5, 0.6) is 11.5 Å². The minimum atomic E-state index is 0.231. The molecule has 0 amide bonds. The number of hydrogen-bond acceptors (Lipinski definition) is 4. The highest BCUT2D eigenvalue weighted by Gasteiger charge is 2.10. The summed E-state index contributed by atoms with van der Waals surface area (Å²) in [7, 11) is 1.68. The van der Waals surface area contributed by atoms with Gasteiger partial charge in [-0.2, -0.15) is 0 Å². The van der Waals surface area contributed by atoms with E-state index in [1.807, 2.05) is 25.1 Å². The summed E-state index contributed by atoms with van der Waals surface area (Å²) in [6.07, 6.45) is 5.24. The lowest BCUT2D eigenvalue weighted by Gasteiger charge is -2.15. The zero-order valence-electron chi connectivity index (χ0n) is 11.6. The van der Waals surface area contributed by atoms with Crippen LogP contribution in [0.1, 0.15) is 12.5 Å². The molecule has 0 aliphatic carbocycles. The first kappa shape index (κ1) is 15.4. The van der Waals surface area contributed by atoms with Crippen molar-refractivity contribution in [1.82, 2.24) is 5.32 Å². The fourth-order valence-corrected chi connectivity index (χ4v) is 1.64. The summed E-state index contributed by atoms with van der Waals surface area (Å²) in [5.41, 5.74) is 1.03. The summed E-state index contributed by atoms with van der Waals surface area (Å²) >= 11 is 0. The van der Waals surface area contributed by atoms with Crippen LogP contribution in [-0.4, -0.2) is 33.5 Å². The Morgan fingerprint density at radius 2 is 2.16 bits per heavy atom. The topological polar surface area (TPSA) is 39.7 Å². The number of hydrogen-bond donors (Lipinski definition) is 1. The largest absolute Gasteiger partial charge is 0.490 e. The fourth-order valence-electron chi connectivity index (χ4n) is 1.64. The highest BCUT2D eigenvalue weighted by Crippen LogP contribution is 2.31. The lowest BCUT2D eigenvalue weighted by molar-refractivity contribution is 0.199. The lowest BCUT2D eigenvalue weighted by atomic mass is 10.2. The SMILES string of the molecule is C#CCOc1c(CNCCOC)cccc1OCC. The molecule has 0 aliphatic heterocycles. The average molecular weight is 263 g/mol. The molecule has 0 radical (unpaired) electrons. The van der Waals surface area contributed by atoms with Crippen molar-refractivity contribution in [1.29, 1.82) is 0 Å². The van der Waals surface area contributed by atoms with Crippen LogP contribution < -0.4 is 14.8 Å². The Balaban J connectivity index is 2.76. The maximum Gasteiger partial charge on any atom is 0.167 e. The summed E-state index contributed by atoms with van der Waals surface area (Å²) in [6.45, 7) is 4.90. The molecule has 0 aliphatic rings. The smallest absolute Gasteiger partial charge is 0.167 e. The van der Waals surface area contributed by atoms with Crippen LogP contribution in [0, 0.1) is 12.3 Å². The number of benzene rings is 1. The van der Waals surface area contributed by atoms with E-state index in [9.17, 15) is 0 Å². The highest BCUT2D eigenvalue weighted by molar-refractivity contribution is 5.46. The molecular formula is C15H21NO3. The van der Waals surface area contributed by atoms with Crippen molar-refractivity contribution in [3.8, 4) is 23.8 Å². The zero-order valence-corrected chi connectivity index (χ0v) is 11.6. The van der Waals surface area contributed by atoms with Crippen LogP contribution in [0.25, 0.3) is 0 Å². The first-order chi connectivity index (χ1) is 9.33. The van der Waals surface area contributed by atoms with Crippen LogP contribution in [0.3, 0.4) is 0 Å². The third-order valence-corrected chi connectivity index (χ3v) is 2.46. The van der Waals surface area contributed by atoms with E-state index in [0.717, 1.165) is 17.9 Å². The average Bonchev–Trinajstić information content (AvgIpc) is 2.43. The number of nitrogens with one attached hydrogen (secondary N) is 1. The number of para-hydroxylation sites is 1. The van der Waals surface area contributed by atoms with Crippen LogP contribution in [0.15, 0.2) is 18.2 Å². The molecule has 1 N–H and O–H groups in total. The summed E-state index contributed by atoms with van der Waals surface area (Å²) in [5.74, 6) is 3.91. The minimum Gasteiger partial charge on any atom is -0.490 e. The summed E-state index contributed by atoms with van der Waals surface area (Å²) in [6, 6.07) is 5.82. The van der Waals surface area contributed by atoms with Gasteiger partial charge in [-0.15, -0.1) is 6.42 Å². The maximum absolute atomic E-state index is 5.59. The van der Waals surface area contributed by atoms with Crippen LogP contribution in [0.4, 0.5) is 0 Å². The van der Waals surface area contributed by atoms with E-state index < -0.39 is 0 Å². The van der Waals surface area contributed by atoms with Crippen LogP contribution in [0.2, 0.25) is 0 Å². The van der Waals surface area contributed by atoms with Crippen LogP contribution in [-0.2, 0) is 11.3 Å². The Hall–Kier alpha value is -1.70. The van der Waals surface area contributed by atoms with E-state index in [1.165, 1.54) is 0 Å². The van der Waals surface area contributed by atoms with Gasteiger partial charge in [0.15, 0.2) is 11.5 Å². The van der Waals surface area contributed by atoms with E-state index >= 15 is 0 Å². The molecule has 0 bridgehead atoms. The standard InChI is InChI=1S/C15H21NO3/c1-4-10-19-15-13(12-16-9-11-17-3)7-6-8-14(15)18-5-2/h1,6-8,16H,5,9-12H2,2-3H3. The second-order valence-electron chi connectivity index (χ2n) is 3.84. The van der Waals surface area contributed by atoms with Gasteiger partial charge in [0, 0.05) is 25.8 Å². The van der Waals surface area contributed by atoms with Crippen molar-refractivity contribution in [2.75, 3.05) is 33.5 Å². The Morgan fingerprint density at radius 1 is 1.32 bits per heavy atom. The first-order valence-corrected chi connectivity index (χ1v) is 6.34. The molecule has 1 aromatic carbocycles. The minimum absolute atomic E-state index is 0.231. The highest BCUT2D eigenvalue weighted by atomic mass is 16.5. The monoisotopic (exact) mass is 263 g/mol. The molecule has 0 unspecified atom stereocenters. The predicted octanol–water partition coefficient (Wildman–Crippen LogP) is 1.83. The quantitative estimate of drug-likeness (QED) is 0.545. The van der Waals surface area contributed by atoms with Crippen LogP contribution >= 0.6 is 0 Å². The van der Waals surface area contributed by atoms with E-state index in [-0.39, 0.29) is 6.61 Å². The Kier molecular flexibility index (Phi) is 7.48. The normalized spacial score (nSPS) is 9.95. The predicted molar refractivity (Wildman–Crippen MR) is 75.5 cm³/mol. The fraction of sp³-hybridized carbons (Fsp3) is 0.467. The molecule has 0 saturated heterocycles. The molecule has 0 saturated carbocycles. The maximum atomic E-state index is 5.59. The molecule has 0 fully saturated rings. The first-order valence-electron chi connectivity index (χ1n) is 6.34. The molecule has 0 spiro atoms. The Labute approximate surface area is 115 Å². The lowest BCUT2D eigenvalue weighted by Crippen LogP contribution is -2.19. The van der Waals surface area contributed by atoms with Crippen molar-refractivity contribution in [3.63, 3.8) is 0 Å². The molecular weight excluding hydrogens is 242 g/mol. The number of ether oxygens (including phenoxy) is 3. The van der Waals surface area contributed by atoms with E-state index in [4.69, 9.17) is 20.6 Å². The molecule has 4 heteroatoms. The van der Waals surface area contributed by atoms with Gasteiger partial charge in [0.25, 0.3) is 0 Å². The van der Waals surface area contributed by atoms with Gasteiger partial charge >= 0.3 is 0 Å². The third kappa shape index (κ3) is 5.21. The number of terminal acetylenes is 1. The van der Waals surface area contributed by atoms with Crippen molar-refractivity contribution >= 4 is 0 Å². The second kappa shape index (κ2) is 9.26. The third-order valence-electron chi connectivity index (χ3n) is 2.46. The molecule has 0 aromatic heterocycles. The number of rotatable bonds is 9. The van der Waals surface area contributed by atoms with Crippen molar-refractivity contribution in [3.05, 3.63) is 23.8 Å². The van der Waals surface area contributed by atoms with Crippen molar-refractivity contribution in [2.24, 2.45) is 0 Å². The molecule has 104 valence electrons. The summed E-state index contributed by atoms with van der Waals surface area (Å²) in [5, 5.41) is 3.28. The zero-order chi connectivity index (χ0) is 13.9. The van der Waals surface area contributed by atoms with Gasteiger partial charge in [0.2, 0.25) is 0 Å². The van der Waals surface area contributed by atoms with E-state index in [2.05, 4.69) is 11.2 Å². The van der Waals surface area contributed by atoms with Gasteiger partial charge in [-0.1, -0.05) is 18.1 Å². The van der Waals surface area contributed by atoms with E-state index in [0.29, 0.717) is 25.5 Å². The van der Waals surface area contributed by atoms with Gasteiger partial charge in [-0.3, -0.25) is 0 Å². The van der Waals surface area contributed by atoms with Gasteiger partial charge in [0.05, 0.1) is 13.2 Å². The molecule has 1 rings (SSSR count). The molecule has 0 atom stereocenters. The van der Waals surface area contributed by atoms with Gasteiger partial charge in [0.1, 0.15) is 6.61 Å². The van der Waals surface area contributed by atoms with Gasteiger partial charge < -0.3 is 19.5 Å². The molecule has 1 aromatic rings.